The fraction of sp³-hybridized carbons (Fsp3) is 0.429. The van der Waals surface area contributed by atoms with Gasteiger partial charge in [-0.05, 0) is 69.7 Å². The van der Waals surface area contributed by atoms with E-state index in [9.17, 15) is 4.79 Å². The highest BCUT2D eigenvalue weighted by Crippen LogP contribution is 2.47. The van der Waals surface area contributed by atoms with Crippen LogP contribution in [-0.2, 0) is 19.5 Å². The summed E-state index contributed by atoms with van der Waals surface area (Å²) in [4.78, 5) is 17.0. The summed E-state index contributed by atoms with van der Waals surface area (Å²) in [5.74, 6) is 0.0352. The summed E-state index contributed by atoms with van der Waals surface area (Å²) in [6.45, 7) is 1.83. The average Bonchev–Trinajstić information content (AvgIpc) is 2.81. The highest BCUT2D eigenvalue weighted by atomic mass is 16.1. The van der Waals surface area contributed by atoms with E-state index in [0.29, 0.717) is 0 Å². The summed E-state index contributed by atoms with van der Waals surface area (Å²) >= 11 is 0. The Bertz CT molecular complexity index is 1200. The molecule has 1 unspecified atom stereocenters. The number of hydrogen-bond donors (Lipinski definition) is 2. The summed E-state index contributed by atoms with van der Waals surface area (Å²) in [6, 6.07) is 18.1. The number of nitrogens with zero attached hydrogens (tertiary/aromatic N) is 3. The van der Waals surface area contributed by atoms with E-state index in [1.807, 2.05) is 0 Å². The molecule has 0 spiro atoms. The first-order valence-corrected chi connectivity index (χ1v) is 12.2. The van der Waals surface area contributed by atoms with E-state index in [-0.39, 0.29) is 23.6 Å². The molecule has 5 rings (SSSR count). The molecule has 178 valence electrons. The minimum Gasteiger partial charge on any atom is -0.305 e. The maximum Gasteiger partial charge on any atom is 0.267 e. The van der Waals surface area contributed by atoms with Crippen molar-refractivity contribution in [2.75, 3.05) is 28.2 Å². The van der Waals surface area contributed by atoms with Crippen LogP contribution in [-0.4, -0.2) is 48.2 Å². The van der Waals surface area contributed by atoms with Gasteiger partial charge < -0.3 is 15.1 Å². The molecule has 0 radical (unpaired) electrons. The zero-order valence-corrected chi connectivity index (χ0v) is 20.6. The SMILES string of the molecule is CN(C)Cc1ccc([C@H]2c3n[nH]c(=O)c4c3C(CCC4)N[C@@H]2c2ccc(CN(C)C)cc2)cc1. The van der Waals surface area contributed by atoms with Gasteiger partial charge in [-0.15, -0.1) is 0 Å². The molecule has 6 heteroatoms. The van der Waals surface area contributed by atoms with E-state index in [0.717, 1.165) is 49.2 Å². The van der Waals surface area contributed by atoms with Crippen molar-refractivity contribution in [1.82, 2.24) is 25.3 Å². The third kappa shape index (κ3) is 4.45. The van der Waals surface area contributed by atoms with Crippen molar-refractivity contribution in [1.29, 1.82) is 0 Å². The molecule has 6 nitrogen and oxygen atoms in total. The molecule has 0 bridgehead atoms. The molecule has 1 aliphatic carbocycles. The Kier molecular flexibility index (Phi) is 6.38. The zero-order valence-electron chi connectivity index (χ0n) is 20.6. The molecule has 0 saturated carbocycles. The van der Waals surface area contributed by atoms with Crippen LogP contribution in [0.4, 0.5) is 0 Å². The third-order valence-electron chi connectivity index (χ3n) is 7.11. The molecular weight excluding hydrogens is 422 g/mol. The second kappa shape index (κ2) is 9.45. The Morgan fingerprint density at radius 1 is 0.882 bits per heavy atom. The van der Waals surface area contributed by atoms with Gasteiger partial charge in [-0.25, -0.2) is 5.10 Å². The van der Waals surface area contributed by atoms with Gasteiger partial charge in [0.1, 0.15) is 0 Å². The van der Waals surface area contributed by atoms with E-state index in [4.69, 9.17) is 0 Å². The maximum atomic E-state index is 12.6. The molecule has 3 aromatic rings. The quantitative estimate of drug-likeness (QED) is 0.590. The van der Waals surface area contributed by atoms with Crippen LogP contribution in [0.15, 0.2) is 53.3 Å². The van der Waals surface area contributed by atoms with Crippen LogP contribution in [0.1, 0.15) is 69.9 Å². The van der Waals surface area contributed by atoms with Crippen molar-refractivity contribution in [3.63, 3.8) is 0 Å². The monoisotopic (exact) mass is 457 g/mol. The molecule has 0 fully saturated rings. The summed E-state index contributed by atoms with van der Waals surface area (Å²) in [5.41, 5.74) is 8.13. The van der Waals surface area contributed by atoms with Crippen LogP contribution in [0.5, 0.6) is 0 Å². The van der Waals surface area contributed by atoms with Crippen molar-refractivity contribution in [3.05, 3.63) is 98.0 Å². The molecule has 34 heavy (non-hydrogen) atoms. The number of aromatic amines is 1. The molecule has 2 aromatic carbocycles. The maximum absolute atomic E-state index is 12.6. The lowest BCUT2D eigenvalue weighted by molar-refractivity contribution is 0.336. The summed E-state index contributed by atoms with van der Waals surface area (Å²) in [5, 5.41) is 11.4. The van der Waals surface area contributed by atoms with Gasteiger partial charge in [0.2, 0.25) is 0 Å². The predicted octanol–water partition coefficient (Wildman–Crippen LogP) is 3.75. The largest absolute Gasteiger partial charge is 0.305 e. The normalized spacial score (nSPS) is 21.6. The first-order chi connectivity index (χ1) is 16.4. The molecule has 0 amide bonds. The van der Waals surface area contributed by atoms with Crippen LogP contribution >= 0.6 is 0 Å². The number of aromatic nitrogens is 2. The first kappa shape index (κ1) is 23.0. The lowest BCUT2D eigenvalue weighted by Crippen LogP contribution is -2.42. The van der Waals surface area contributed by atoms with E-state index >= 15 is 0 Å². The first-order valence-electron chi connectivity index (χ1n) is 12.2. The molecule has 1 aliphatic heterocycles. The smallest absolute Gasteiger partial charge is 0.267 e. The molecule has 0 saturated heterocycles. The van der Waals surface area contributed by atoms with E-state index in [1.165, 1.54) is 22.3 Å². The zero-order chi connectivity index (χ0) is 23.8. The number of hydrogen-bond acceptors (Lipinski definition) is 5. The van der Waals surface area contributed by atoms with Gasteiger partial charge in [-0.3, -0.25) is 4.79 Å². The van der Waals surface area contributed by atoms with Gasteiger partial charge in [-0.1, -0.05) is 48.5 Å². The molecule has 2 heterocycles. The van der Waals surface area contributed by atoms with Crippen LogP contribution in [0, 0.1) is 0 Å². The van der Waals surface area contributed by atoms with Gasteiger partial charge >= 0.3 is 0 Å². The fourth-order valence-electron chi connectivity index (χ4n) is 5.68. The lowest BCUT2D eigenvalue weighted by Gasteiger charge is -2.41. The molecule has 2 N–H and O–H groups in total. The van der Waals surface area contributed by atoms with E-state index < -0.39 is 0 Å². The Hall–Kier alpha value is -2.80. The van der Waals surface area contributed by atoms with Crippen molar-refractivity contribution in [3.8, 4) is 0 Å². The van der Waals surface area contributed by atoms with Gasteiger partial charge in [-0.2, -0.15) is 5.10 Å². The highest BCUT2D eigenvalue weighted by Gasteiger charge is 2.40. The van der Waals surface area contributed by atoms with Gasteiger partial charge in [0.15, 0.2) is 0 Å². The van der Waals surface area contributed by atoms with Gasteiger partial charge in [0, 0.05) is 42.2 Å². The Morgan fingerprint density at radius 2 is 1.47 bits per heavy atom. The third-order valence-corrected chi connectivity index (χ3v) is 7.11. The van der Waals surface area contributed by atoms with Crippen molar-refractivity contribution >= 4 is 0 Å². The van der Waals surface area contributed by atoms with Crippen molar-refractivity contribution in [2.24, 2.45) is 0 Å². The van der Waals surface area contributed by atoms with Crippen LogP contribution in [0.25, 0.3) is 0 Å². The van der Waals surface area contributed by atoms with Crippen molar-refractivity contribution in [2.45, 2.75) is 50.4 Å². The minimum absolute atomic E-state index is 0.0307. The van der Waals surface area contributed by atoms with Crippen LogP contribution in [0.2, 0.25) is 0 Å². The van der Waals surface area contributed by atoms with E-state index in [2.05, 4.69) is 102 Å². The molecular formula is C28H35N5O. The molecule has 3 atom stereocenters. The Morgan fingerprint density at radius 3 is 2.06 bits per heavy atom. The summed E-state index contributed by atoms with van der Waals surface area (Å²) in [7, 11) is 8.37. The topological polar surface area (TPSA) is 64.3 Å². The molecule has 1 aromatic heterocycles. The number of benzene rings is 2. The van der Waals surface area contributed by atoms with Gasteiger partial charge in [0.05, 0.1) is 5.69 Å². The lowest BCUT2D eigenvalue weighted by atomic mass is 9.74. The standard InChI is InChI=1S/C28H35N5O/c1-32(2)16-18-8-12-20(13-9-18)24-26(21-14-10-19(11-15-21)17-33(3)4)29-23-7-5-6-22-25(23)27(24)30-31-28(22)34/h8-15,23-24,26,29H,5-7,16-17H2,1-4H3,(H,31,34)/t23?,24-,26-/m1/s1. The number of nitrogens with one attached hydrogen (secondary N) is 2. The predicted molar refractivity (Wildman–Crippen MR) is 136 cm³/mol. The fourth-order valence-corrected chi connectivity index (χ4v) is 5.68. The number of H-pyrrole nitrogens is 1. The second-order valence-corrected chi connectivity index (χ2v) is 10.4. The average molecular weight is 458 g/mol. The number of rotatable bonds is 6. The summed E-state index contributed by atoms with van der Waals surface area (Å²) in [6.07, 6.45) is 2.89. The van der Waals surface area contributed by atoms with Crippen LogP contribution < -0.4 is 10.9 Å². The minimum atomic E-state index is -0.0307. The van der Waals surface area contributed by atoms with Crippen LogP contribution in [0.3, 0.4) is 0 Å². The summed E-state index contributed by atoms with van der Waals surface area (Å²) < 4.78 is 0. The Labute approximate surface area is 202 Å². The van der Waals surface area contributed by atoms with Crippen molar-refractivity contribution < 1.29 is 0 Å². The second-order valence-electron chi connectivity index (χ2n) is 10.4. The van der Waals surface area contributed by atoms with E-state index in [1.54, 1.807) is 0 Å². The molecule has 2 aliphatic rings. The highest BCUT2D eigenvalue weighted by molar-refractivity contribution is 5.46. The Balaban J connectivity index is 1.59. The van der Waals surface area contributed by atoms with Gasteiger partial charge in [0.25, 0.3) is 5.56 Å².